The summed E-state index contributed by atoms with van der Waals surface area (Å²) in [6.45, 7) is 8.81. The lowest BCUT2D eigenvalue weighted by Crippen LogP contribution is -2.49. The number of rotatable bonds is 4. The Bertz CT molecular complexity index is 554. The molecule has 1 aliphatic heterocycles. The summed E-state index contributed by atoms with van der Waals surface area (Å²) in [7, 11) is 0. The van der Waals surface area contributed by atoms with E-state index in [0.29, 0.717) is 30.3 Å². The number of carbonyl (C=O) groups excluding carboxylic acids is 2. The average molecular weight is 321 g/mol. The maximum absolute atomic E-state index is 12.4. The van der Waals surface area contributed by atoms with E-state index < -0.39 is 6.04 Å². The molecule has 1 saturated heterocycles. The molecule has 4 N–H and O–H groups in total. The van der Waals surface area contributed by atoms with Crippen molar-refractivity contribution < 1.29 is 9.59 Å². The number of nitrogens with zero attached hydrogens (tertiary/aromatic N) is 2. The number of aromatic amines is 1. The summed E-state index contributed by atoms with van der Waals surface area (Å²) in [6.07, 6.45) is 1.76. The molecule has 1 fully saturated rings. The van der Waals surface area contributed by atoms with Crippen molar-refractivity contribution in [2.75, 3.05) is 13.1 Å². The zero-order valence-corrected chi connectivity index (χ0v) is 14.3. The minimum Gasteiger partial charge on any atom is -0.349 e. The number of H-pyrrole nitrogens is 1. The van der Waals surface area contributed by atoms with Crippen LogP contribution in [0.25, 0.3) is 0 Å². The Labute approximate surface area is 137 Å². The van der Waals surface area contributed by atoms with E-state index in [2.05, 4.69) is 15.5 Å². The van der Waals surface area contributed by atoms with Gasteiger partial charge < -0.3 is 16.0 Å². The summed E-state index contributed by atoms with van der Waals surface area (Å²) in [5.41, 5.74) is 7.77. The molecule has 0 aromatic carbocycles. The molecule has 0 spiro atoms. The van der Waals surface area contributed by atoms with Crippen LogP contribution in [0, 0.1) is 19.8 Å². The van der Waals surface area contributed by atoms with E-state index in [0.717, 1.165) is 18.5 Å². The number of hydrogen-bond acceptors (Lipinski definition) is 4. The van der Waals surface area contributed by atoms with Gasteiger partial charge in [0.2, 0.25) is 5.91 Å². The normalized spacial score (nSPS) is 18.6. The predicted molar refractivity (Wildman–Crippen MR) is 87.9 cm³/mol. The summed E-state index contributed by atoms with van der Waals surface area (Å²) >= 11 is 0. The number of nitrogens with one attached hydrogen (secondary N) is 2. The molecule has 2 atom stereocenters. The molecule has 2 heterocycles. The Balaban J connectivity index is 1.89. The molecule has 1 aliphatic rings. The highest BCUT2D eigenvalue weighted by Gasteiger charge is 2.29. The average Bonchev–Trinajstić information content (AvgIpc) is 2.85. The molecule has 2 rings (SSSR count). The monoisotopic (exact) mass is 321 g/mol. The summed E-state index contributed by atoms with van der Waals surface area (Å²) in [5.74, 6) is 0.281. The summed E-state index contributed by atoms with van der Waals surface area (Å²) in [4.78, 5) is 26.1. The van der Waals surface area contributed by atoms with E-state index in [9.17, 15) is 9.59 Å². The van der Waals surface area contributed by atoms with Gasteiger partial charge in [-0.3, -0.25) is 14.7 Å². The topological polar surface area (TPSA) is 104 Å². The molecular formula is C16H27N5O2. The lowest BCUT2D eigenvalue weighted by molar-refractivity contribution is -0.133. The van der Waals surface area contributed by atoms with E-state index in [1.807, 2.05) is 25.7 Å². The molecule has 0 aliphatic carbocycles. The first-order valence-electron chi connectivity index (χ1n) is 8.18. The fourth-order valence-electron chi connectivity index (χ4n) is 3.19. The van der Waals surface area contributed by atoms with Crippen LogP contribution in [0.2, 0.25) is 0 Å². The van der Waals surface area contributed by atoms with Crippen LogP contribution >= 0.6 is 0 Å². The van der Waals surface area contributed by atoms with Crippen molar-refractivity contribution in [1.82, 2.24) is 20.4 Å². The Morgan fingerprint density at radius 3 is 2.39 bits per heavy atom. The van der Waals surface area contributed by atoms with Gasteiger partial charge in [-0.15, -0.1) is 0 Å². The van der Waals surface area contributed by atoms with Gasteiger partial charge in [0.15, 0.2) is 0 Å². The fourth-order valence-corrected chi connectivity index (χ4v) is 3.19. The molecule has 0 radical (unpaired) electrons. The largest absolute Gasteiger partial charge is 0.349 e. The van der Waals surface area contributed by atoms with Crippen LogP contribution in [0.15, 0.2) is 0 Å². The fraction of sp³-hybridized carbons (Fsp3) is 0.688. The van der Waals surface area contributed by atoms with Crippen molar-refractivity contribution in [2.45, 2.75) is 52.6 Å². The highest BCUT2D eigenvalue weighted by molar-refractivity contribution is 5.96. The molecule has 0 saturated carbocycles. The number of piperidine rings is 1. The van der Waals surface area contributed by atoms with Crippen molar-refractivity contribution in [3.8, 4) is 0 Å². The molecule has 7 heteroatoms. The van der Waals surface area contributed by atoms with Crippen LogP contribution in [0.4, 0.5) is 0 Å². The van der Waals surface area contributed by atoms with Gasteiger partial charge in [0, 0.05) is 24.8 Å². The van der Waals surface area contributed by atoms with Gasteiger partial charge in [0.05, 0.1) is 17.3 Å². The zero-order chi connectivity index (χ0) is 17.1. The second kappa shape index (κ2) is 7.12. The van der Waals surface area contributed by atoms with Crippen LogP contribution < -0.4 is 11.1 Å². The van der Waals surface area contributed by atoms with Gasteiger partial charge in [0.25, 0.3) is 5.91 Å². The Hall–Kier alpha value is -1.89. The molecule has 128 valence electrons. The first-order chi connectivity index (χ1) is 10.8. The SMILES string of the molecule is Cc1n[nH]c(C)c1C(=O)NC(C)C1CCN(C(=O)[C@H](C)N)CC1. The maximum Gasteiger partial charge on any atom is 0.255 e. The van der Waals surface area contributed by atoms with E-state index in [-0.39, 0.29) is 17.9 Å². The van der Waals surface area contributed by atoms with Gasteiger partial charge in [-0.1, -0.05) is 0 Å². The second-order valence-corrected chi connectivity index (χ2v) is 6.52. The van der Waals surface area contributed by atoms with Crippen LogP contribution in [0.5, 0.6) is 0 Å². The van der Waals surface area contributed by atoms with Crippen LogP contribution in [-0.4, -0.2) is 52.1 Å². The standard InChI is InChI=1S/C16H27N5O2/c1-9(17)16(23)21-7-5-13(6-8-21)10(2)18-15(22)14-11(3)19-20-12(14)4/h9-10,13H,5-8,17H2,1-4H3,(H,18,22)(H,19,20)/t9-,10?/m0/s1. The zero-order valence-electron chi connectivity index (χ0n) is 14.3. The molecule has 2 amide bonds. The third-order valence-electron chi connectivity index (χ3n) is 4.66. The molecule has 0 bridgehead atoms. The number of aromatic nitrogens is 2. The third-order valence-corrected chi connectivity index (χ3v) is 4.66. The Kier molecular flexibility index (Phi) is 5.41. The van der Waals surface area contributed by atoms with Gasteiger partial charge in [-0.2, -0.15) is 5.10 Å². The van der Waals surface area contributed by atoms with Gasteiger partial charge in [-0.05, 0) is 46.5 Å². The van der Waals surface area contributed by atoms with Crippen molar-refractivity contribution in [2.24, 2.45) is 11.7 Å². The molecule has 7 nitrogen and oxygen atoms in total. The van der Waals surface area contributed by atoms with E-state index in [1.54, 1.807) is 6.92 Å². The van der Waals surface area contributed by atoms with Crippen LogP contribution in [0.3, 0.4) is 0 Å². The van der Waals surface area contributed by atoms with E-state index in [4.69, 9.17) is 5.73 Å². The number of amides is 2. The summed E-state index contributed by atoms with van der Waals surface area (Å²) in [6, 6.07) is -0.389. The second-order valence-electron chi connectivity index (χ2n) is 6.52. The number of likely N-dealkylation sites (tertiary alicyclic amines) is 1. The number of nitrogens with two attached hydrogens (primary N) is 1. The maximum atomic E-state index is 12.4. The molecule has 1 aromatic rings. The smallest absolute Gasteiger partial charge is 0.255 e. The quantitative estimate of drug-likeness (QED) is 0.760. The number of aryl methyl sites for hydroxylation is 2. The van der Waals surface area contributed by atoms with Gasteiger partial charge in [-0.25, -0.2) is 0 Å². The predicted octanol–water partition coefficient (Wildman–Crippen LogP) is 0.731. The number of hydrogen-bond donors (Lipinski definition) is 3. The molecule has 23 heavy (non-hydrogen) atoms. The first kappa shape index (κ1) is 17.5. The van der Waals surface area contributed by atoms with Crippen LogP contribution in [0.1, 0.15) is 48.4 Å². The van der Waals surface area contributed by atoms with E-state index in [1.165, 1.54) is 0 Å². The van der Waals surface area contributed by atoms with Crippen molar-refractivity contribution >= 4 is 11.8 Å². The molecule has 1 unspecified atom stereocenters. The minimum atomic E-state index is -0.448. The van der Waals surface area contributed by atoms with Crippen molar-refractivity contribution in [3.63, 3.8) is 0 Å². The Morgan fingerprint density at radius 1 is 1.30 bits per heavy atom. The molecule has 1 aromatic heterocycles. The highest BCUT2D eigenvalue weighted by atomic mass is 16.2. The summed E-state index contributed by atoms with van der Waals surface area (Å²) < 4.78 is 0. The summed E-state index contributed by atoms with van der Waals surface area (Å²) in [5, 5.41) is 9.97. The molecular weight excluding hydrogens is 294 g/mol. The highest BCUT2D eigenvalue weighted by Crippen LogP contribution is 2.21. The minimum absolute atomic E-state index is 0.00443. The first-order valence-corrected chi connectivity index (χ1v) is 8.18. The third kappa shape index (κ3) is 3.90. The van der Waals surface area contributed by atoms with Gasteiger partial charge in [0.1, 0.15) is 0 Å². The number of carbonyl (C=O) groups is 2. The van der Waals surface area contributed by atoms with E-state index >= 15 is 0 Å². The van der Waals surface area contributed by atoms with Crippen molar-refractivity contribution in [3.05, 3.63) is 17.0 Å². The lowest BCUT2D eigenvalue weighted by atomic mass is 9.90. The van der Waals surface area contributed by atoms with Crippen molar-refractivity contribution in [1.29, 1.82) is 0 Å². The van der Waals surface area contributed by atoms with Crippen LogP contribution in [-0.2, 0) is 4.79 Å². The lowest BCUT2D eigenvalue weighted by Gasteiger charge is -2.35. The Morgan fingerprint density at radius 2 is 1.91 bits per heavy atom. The van der Waals surface area contributed by atoms with Gasteiger partial charge >= 0.3 is 0 Å².